The molecule has 0 rings (SSSR count). The number of hydrogen-bond donors (Lipinski definition) is 1. The lowest BCUT2D eigenvalue weighted by molar-refractivity contribution is -0.131. The summed E-state index contributed by atoms with van der Waals surface area (Å²) in [6.07, 6.45) is 0.0362. The molecule has 0 fully saturated rings. The van der Waals surface area contributed by atoms with Crippen LogP contribution in [-0.2, 0) is 19.1 Å². The normalized spacial score (nSPS) is 13.2. The van der Waals surface area contributed by atoms with Gasteiger partial charge in [-0.2, -0.15) is 21.6 Å². The number of carboxylic acid groups (broad SMARTS) is 1. The van der Waals surface area contributed by atoms with Crippen molar-refractivity contribution in [2.75, 3.05) is 0 Å². The summed E-state index contributed by atoms with van der Waals surface area (Å²) >= 11 is 0. The van der Waals surface area contributed by atoms with Crippen LogP contribution in [0.3, 0.4) is 0 Å². The van der Waals surface area contributed by atoms with Gasteiger partial charge in [-0.05, 0) is 0 Å². The first-order valence-electron chi connectivity index (χ1n) is 2.56. The summed E-state index contributed by atoms with van der Waals surface area (Å²) < 4.78 is 57.7. The van der Waals surface area contributed by atoms with Gasteiger partial charge in [0.05, 0.1) is 6.08 Å². The van der Waals surface area contributed by atoms with E-state index in [-0.39, 0.29) is 12.3 Å². The third-order valence-electron chi connectivity index (χ3n) is 0.676. The highest BCUT2D eigenvalue weighted by molar-refractivity contribution is 7.87. The number of hydrogen-bond acceptors (Lipinski definition) is 4. The predicted octanol–water partition coefficient (Wildman–Crippen LogP) is 0.451. The Morgan fingerprint density at radius 2 is 1.85 bits per heavy atom. The lowest BCUT2D eigenvalue weighted by Gasteiger charge is -2.04. The monoisotopic (exact) mass is 220 g/mol. The van der Waals surface area contributed by atoms with Gasteiger partial charge in [0.15, 0.2) is 0 Å². The summed E-state index contributed by atoms with van der Waals surface area (Å²) in [5.74, 6) is -1.63. The molecule has 0 heterocycles. The van der Waals surface area contributed by atoms with Crippen molar-refractivity contribution >= 4 is 16.1 Å². The van der Waals surface area contributed by atoms with Crippen LogP contribution in [-0.4, -0.2) is 25.0 Å². The Morgan fingerprint density at radius 1 is 1.38 bits per heavy atom. The molecule has 0 radical (unpaired) electrons. The second kappa shape index (κ2) is 3.64. The van der Waals surface area contributed by atoms with E-state index in [1.54, 1.807) is 0 Å². The molecular weight excluding hydrogens is 217 g/mol. The van der Waals surface area contributed by atoms with Crippen LogP contribution >= 0.6 is 0 Å². The molecule has 0 aliphatic heterocycles. The molecule has 0 unspecified atom stereocenters. The van der Waals surface area contributed by atoms with E-state index >= 15 is 0 Å². The van der Waals surface area contributed by atoms with Crippen molar-refractivity contribution in [3.05, 3.63) is 12.3 Å². The summed E-state index contributed by atoms with van der Waals surface area (Å²) in [5, 5.41) is 7.87. The number of aliphatic carboxylic acids is 1. The summed E-state index contributed by atoms with van der Waals surface area (Å²) in [6, 6.07) is 0. The van der Waals surface area contributed by atoms with E-state index in [1.807, 2.05) is 0 Å². The Kier molecular flexibility index (Phi) is 3.29. The quantitative estimate of drug-likeness (QED) is 0.323. The minimum Gasteiger partial charge on any atom is -0.478 e. The fourth-order valence-electron chi connectivity index (χ4n) is 0.214. The van der Waals surface area contributed by atoms with E-state index in [2.05, 4.69) is 4.18 Å². The maximum atomic E-state index is 11.5. The molecule has 0 aromatic rings. The van der Waals surface area contributed by atoms with Crippen LogP contribution in [0.4, 0.5) is 13.2 Å². The minimum atomic E-state index is -5.74. The molecular formula is C4H3F3O5S. The Balaban J connectivity index is 4.48. The number of carboxylic acids is 1. The average molecular weight is 220 g/mol. The lowest BCUT2D eigenvalue weighted by atomic mass is 10.7. The highest BCUT2D eigenvalue weighted by atomic mass is 32.2. The zero-order valence-corrected chi connectivity index (χ0v) is 6.59. The topological polar surface area (TPSA) is 80.7 Å². The highest BCUT2D eigenvalue weighted by Crippen LogP contribution is 2.24. The van der Waals surface area contributed by atoms with Crippen molar-refractivity contribution in [3.8, 4) is 0 Å². The fraction of sp³-hybridized carbons (Fsp3) is 0.250. The lowest BCUT2D eigenvalue weighted by Crippen LogP contribution is -2.23. The van der Waals surface area contributed by atoms with Crippen molar-refractivity contribution < 1.29 is 35.7 Å². The molecule has 76 valence electrons. The van der Waals surface area contributed by atoms with Crippen molar-refractivity contribution in [3.63, 3.8) is 0 Å². The van der Waals surface area contributed by atoms with Crippen molar-refractivity contribution in [1.29, 1.82) is 0 Å². The van der Waals surface area contributed by atoms with E-state index in [9.17, 15) is 26.4 Å². The molecule has 0 amide bonds. The molecule has 0 saturated carbocycles. The molecule has 0 aromatic carbocycles. The van der Waals surface area contributed by atoms with Gasteiger partial charge >= 0.3 is 21.6 Å². The SMILES string of the molecule is O=C(O)/C=C\OS(=O)(=O)C(F)(F)F. The molecule has 0 aliphatic rings. The van der Waals surface area contributed by atoms with Gasteiger partial charge < -0.3 is 9.29 Å². The van der Waals surface area contributed by atoms with E-state index in [1.165, 1.54) is 0 Å². The van der Waals surface area contributed by atoms with Gasteiger partial charge in [0.2, 0.25) is 0 Å². The van der Waals surface area contributed by atoms with Crippen molar-refractivity contribution in [2.45, 2.75) is 5.51 Å². The molecule has 0 saturated heterocycles. The van der Waals surface area contributed by atoms with E-state index in [0.717, 1.165) is 0 Å². The van der Waals surface area contributed by atoms with Crippen LogP contribution in [0, 0.1) is 0 Å². The van der Waals surface area contributed by atoms with E-state index in [4.69, 9.17) is 5.11 Å². The summed E-state index contributed by atoms with van der Waals surface area (Å²) in [5.41, 5.74) is -5.56. The molecule has 5 nitrogen and oxygen atoms in total. The third-order valence-corrected chi connectivity index (χ3v) is 1.61. The van der Waals surface area contributed by atoms with Gasteiger partial charge in [-0.25, -0.2) is 4.79 Å². The van der Waals surface area contributed by atoms with Crippen molar-refractivity contribution in [2.24, 2.45) is 0 Å². The first-order valence-corrected chi connectivity index (χ1v) is 3.96. The van der Waals surface area contributed by atoms with Gasteiger partial charge in [-0.1, -0.05) is 0 Å². The number of rotatable bonds is 3. The second-order valence-corrected chi connectivity index (χ2v) is 3.20. The van der Waals surface area contributed by atoms with Gasteiger partial charge in [0.1, 0.15) is 6.26 Å². The number of halogens is 3. The molecule has 0 bridgehead atoms. The molecule has 0 spiro atoms. The fourth-order valence-corrected chi connectivity index (χ4v) is 0.525. The standard InChI is InChI=1S/C4H3F3O5S/c5-4(6,7)13(10,11)12-2-1-3(8)9/h1-2H,(H,8,9)/b2-1-. The molecule has 0 aromatic heterocycles. The molecule has 1 N–H and O–H groups in total. The second-order valence-electron chi connectivity index (χ2n) is 1.64. The van der Waals surface area contributed by atoms with E-state index < -0.39 is 21.6 Å². The number of carbonyl (C=O) groups is 1. The Labute approximate surface area is 70.5 Å². The minimum absolute atomic E-state index is 0.0782. The van der Waals surface area contributed by atoms with Crippen LogP contribution in [0.25, 0.3) is 0 Å². The third kappa shape index (κ3) is 3.78. The predicted molar refractivity (Wildman–Crippen MR) is 32.8 cm³/mol. The summed E-state index contributed by atoms with van der Waals surface area (Å²) in [6.45, 7) is 0. The van der Waals surface area contributed by atoms with Gasteiger partial charge in [-0.3, -0.25) is 0 Å². The summed E-state index contributed by atoms with van der Waals surface area (Å²) in [4.78, 5) is 9.69. The molecule has 9 heteroatoms. The highest BCUT2D eigenvalue weighted by Gasteiger charge is 2.47. The Hall–Kier alpha value is -1.25. The van der Waals surface area contributed by atoms with E-state index in [0.29, 0.717) is 0 Å². The number of alkyl halides is 3. The zero-order chi connectivity index (χ0) is 10.7. The van der Waals surface area contributed by atoms with Crippen LogP contribution in [0.15, 0.2) is 12.3 Å². The van der Waals surface area contributed by atoms with Crippen LogP contribution < -0.4 is 0 Å². The Bertz CT molecular complexity index is 313. The molecule has 0 atom stereocenters. The van der Waals surface area contributed by atoms with Gasteiger partial charge in [0.25, 0.3) is 0 Å². The largest absolute Gasteiger partial charge is 0.534 e. The zero-order valence-electron chi connectivity index (χ0n) is 5.78. The van der Waals surface area contributed by atoms with Gasteiger partial charge in [-0.15, -0.1) is 0 Å². The maximum Gasteiger partial charge on any atom is 0.534 e. The smallest absolute Gasteiger partial charge is 0.478 e. The first kappa shape index (κ1) is 11.8. The summed E-state index contributed by atoms with van der Waals surface area (Å²) in [7, 11) is -5.74. The van der Waals surface area contributed by atoms with Crippen LogP contribution in [0.2, 0.25) is 0 Å². The average Bonchev–Trinajstić information content (AvgIpc) is 1.82. The van der Waals surface area contributed by atoms with Crippen LogP contribution in [0.5, 0.6) is 0 Å². The van der Waals surface area contributed by atoms with Crippen molar-refractivity contribution in [1.82, 2.24) is 0 Å². The van der Waals surface area contributed by atoms with Gasteiger partial charge in [0, 0.05) is 0 Å². The molecule has 13 heavy (non-hydrogen) atoms. The Morgan fingerprint density at radius 3 is 2.15 bits per heavy atom. The maximum absolute atomic E-state index is 11.5. The first-order chi connectivity index (χ1) is 5.67. The molecule has 0 aliphatic carbocycles. The van der Waals surface area contributed by atoms with Crippen LogP contribution in [0.1, 0.15) is 0 Å².